The van der Waals surface area contributed by atoms with Crippen LogP contribution in [0.1, 0.15) is 58.3 Å². The Morgan fingerprint density at radius 1 is 1.22 bits per heavy atom. The minimum absolute atomic E-state index is 0.483. The van der Waals surface area contributed by atoms with Gasteiger partial charge in [-0.15, -0.1) is 0 Å². The van der Waals surface area contributed by atoms with Gasteiger partial charge in [0.2, 0.25) is 0 Å². The second kappa shape index (κ2) is 8.13. The van der Waals surface area contributed by atoms with Crippen LogP contribution in [-0.2, 0) is 9.47 Å². The molecule has 1 aliphatic carbocycles. The Morgan fingerprint density at radius 3 is 2.83 bits per heavy atom. The highest BCUT2D eigenvalue weighted by Crippen LogP contribution is 2.21. The molecule has 2 rings (SSSR count). The monoisotopic (exact) mass is 255 g/mol. The number of hydrogen-bond donors (Lipinski definition) is 1. The molecule has 1 aliphatic heterocycles. The number of ether oxygens (including phenoxy) is 2. The van der Waals surface area contributed by atoms with Gasteiger partial charge >= 0.3 is 0 Å². The predicted octanol–water partition coefficient (Wildman–Crippen LogP) is 2.88. The van der Waals surface area contributed by atoms with Crippen molar-refractivity contribution in [3.8, 4) is 0 Å². The molecule has 2 aliphatic rings. The molecule has 0 aromatic carbocycles. The zero-order chi connectivity index (χ0) is 12.6. The van der Waals surface area contributed by atoms with Crippen LogP contribution in [0.15, 0.2) is 0 Å². The predicted molar refractivity (Wildman–Crippen MR) is 73.9 cm³/mol. The number of hydrogen-bond acceptors (Lipinski definition) is 3. The standard InChI is InChI=1S/C15H29NO2/c1-2-5-15-12-13(8-10-17-15)16-9-11-18-14-6-3-4-7-14/h13-16H,2-12H2,1H3. The first kappa shape index (κ1) is 14.3. The second-order valence-corrected chi connectivity index (χ2v) is 5.73. The quantitative estimate of drug-likeness (QED) is 0.710. The van der Waals surface area contributed by atoms with E-state index in [1.54, 1.807) is 0 Å². The van der Waals surface area contributed by atoms with Crippen LogP contribution in [0.5, 0.6) is 0 Å². The van der Waals surface area contributed by atoms with Crippen molar-refractivity contribution in [1.29, 1.82) is 0 Å². The van der Waals surface area contributed by atoms with Crippen molar-refractivity contribution >= 4 is 0 Å². The van der Waals surface area contributed by atoms with E-state index in [-0.39, 0.29) is 0 Å². The first-order valence-corrected chi connectivity index (χ1v) is 7.85. The molecule has 1 heterocycles. The largest absolute Gasteiger partial charge is 0.378 e. The zero-order valence-electron chi connectivity index (χ0n) is 11.8. The van der Waals surface area contributed by atoms with E-state index in [2.05, 4.69) is 12.2 Å². The van der Waals surface area contributed by atoms with Crippen LogP contribution in [0.3, 0.4) is 0 Å². The summed E-state index contributed by atoms with van der Waals surface area (Å²) >= 11 is 0. The fraction of sp³-hybridized carbons (Fsp3) is 1.00. The van der Waals surface area contributed by atoms with Gasteiger partial charge in [-0.2, -0.15) is 0 Å². The molecular weight excluding hydrogens is 226 g/mol. The molecule has 0 radical (unpaired) electrons. The summed E-state index contributed by atoms with van der Waals surface area (Å²) in [6.45, 7) is 5.03. The van der Waals surface area contributed by atoms with E-state index in [1.165, 1.54) is 44.9 Å². The van der Waals surface area contributed by atoms with Crippen molar-refractivity contribution in [2.75, 3.05) is 19.8 Å². The SMILES string of the molecule is CCCC1CC(NCCOC2CCCC2)CCO1. The molecule has 0 bridgehead atoms. The minimum Gasteiger partial charge on any atom is -0.378 e. The van der Waals surface area contributed by atoms with Gasteiger partial charge in [0.15, 0.2) is 0 Å². The van der Waals surface area contributed by atoms with Crippen LogP contribution in [0, 0.1) is 0 Å². The van der Waals surface area contributed by atoms with Crippen LogP contribution in [-0.4, -0.2) is 38.0 Å². The Kier molecular flexibility index (Phi) is 6.46. The van der Waals surface area contributed by atoms with Gasteiger partial charge in [-0.05, 0) is 32.1 Å². The Balaban J connectivity index is 1.52. The van der Waals surface area contributed by atoms with Gasteiger partial charge in [-0.1, -0.05) is 26.2 Å². The number of nitrogens with one attached hydrogen (secondary N) is 1. The Labute approximate surface area is 112 Å². The average Bonchev–Trinajstić information content (AvgIpc) is 2.89. The first-order chi connectivity index (χ1) is 8.88. The van der Waals surface area contributed by atoms with Gasteiger partial charge in [0, 0.05) is 19.2 Å². The molecule has 1 N–H and O–H groups in total. The highest BCUT2D eigenvalue weighted by Gasteiger charge is 2.21. The molecule has 0 spiro atoms. The van der Waals surface area contributed by atoms with E-state index >= 15 is 0 Å². The van der Waals surface area contributed by atoms with Gasteiger partial charge in [0.05, 0.1) is 18.8 Å². The second-order valence-electron chi connectivity index (χ2n) is 5.73. The molecule has 0 amide bonds. The summed E-state index contributed by atoms with van der Waals surface area (Å²) in [5.74, 6) is 0. The molecular formula is C15H29NO2. The summed E-state index contributed by atoms with van der Waals surface area (Å²) in [4.78, 5) is 0. The Hall–Kier alpha value is -0.120. The summed E-state index contributed by atoms with van der Waals surface area (Å²) in [6.07, 6.45) is 11.1. The fourth-order valence-corrected chi connectivity index (χ4v) is 3.13. The highest BCUT2D eigenvalue weighted by molar-refractivity contribution is 4.76. The maximum Gasteiger partial charge on any atom is 0.0594 e. The maximum absolute atomic E-state index is 5.87. The lowest BCUT2D eigenvalue weighted by atomic mass is 10.0. The summed E-state index contributed by atoms with van der Waals surface area (Å²) < 4.78 is 11.6. The molecule has 0 aromatic rings. The van der Waals surface area contributed by atoms with Gasteiger partial charge in [-0.25, -0.2) is 0 Å². The van der Waals surface area contributed by atoms with Gasteiger partial charge in [0.25, 0.3) is 0 Å². The molecule has 3 heteroatoms. The number of rotatable bonds is 7. The average molecular weight is 255 g/mol. The van der Waals surface area contributed by atoms with Crippen LogP contribution >= 0.6 is 0 Å². The van der Waals surface area contributed by atoms with E-state index in [4.69, 9.17) is 9.47 Å². The van der Waals surface area contributed by atoms with E-state index < -0.39 is 0 Å². The fourth-order valence-electron chi connectivity index (χ4n) is 3.13. The minimum atomic E-state index is 0.483. The molecule has 18 heavy (non-hydrogen) atoms. The van der Waals surface area contributed by atoms with Crippen LogP contribution in [0.25, 0.3) is 0 Å². The molecule has 2 fully saturated rings. The summed E-state index contributed by atoms with van der Waals surface area (Å²) in [5.41, 5.74) is 0. The lowest BCUT2D eigenvalue weighted by Gasteiger charge is -2.30. The van der Waals surface area contributed by atoms with Crippen molar-refractivity contribution in [3.63, 3.8) is 0 Å². The van der Waals surface area contributed by atoms with Gasteiger partial charge < -0.3 is 14.8 Å². The third kappa shape index (κ3) is 4.87. The lowest BCUT2D eigenvalue weighted by molar-refractivity contribution is -0.00589. The van der Waals surface area contributed by atoms with Crippen LogP contribution < -0.4 is 5.32 Å². The molecule has 1 saturated carbocycles. The lowest BCUT2D eigenvalue weighted by Crippen LogP contribution is -2.40. The molecule has 3 nitrogen and oxygen atoms in total. The Bertz CT molecular complexity index is 215. The molecule has 2 atom stereocenters. The summed E-state index contributed by atoms with van der Waals surface area (Å²) in [7, 11) is 0. The topological polar surface area (TPSA) is 30.5 Å². The summed E-state index contributed by atoms with van der Waals surface area (Å²) in [6, 6.07) is 0.641. The highest BCUT2D eigenvalue weighted by atomic mass is 16.5. The van der Waals surface area contributed by atoms with E-state index in [1.807, 2.05) is 0 Å². The first-order valence-electron chi connectivity index (χ1n) is 7.85. The van der Waals surface area contributed by atoms with Crippen molar-refractivity contribution in [2.45, 2.75) is 76.5 Å². The zero-order valence-corrected chi connectivity index (χ0v) is 11.8. The van der Waals surface area contributed by atoms with Crippen molar-refractivity contribution in [3.05, 3.63) is 0 Å². The van der Waals surface area contributed by atoms with E-state index in [9.17, 15) is 0 Å². The maximum atomic E-state index is 5.87. The molecule has 2 unspecified atom stereocenters. The van der Waals surface area contributed by atoms with Gasteiger partial charge in [0.1, 0.15) is 0 Å². The van der Waals surface area contributed by atoms with Crippen molar-refractivity contribution in [2.24, 2.45) is 0 Å². The third-order valence-corrected chi connectivity index (χ3v) is 4.17. The molecule has 106 valence electrons. The van der Waals surface area contributed by atoms with Gasteiger partial charge in [-0.3, -0.25) is 0 Å². The normalized spacial score (nSPS) is 29.8. The molecule has 0 aromatic heterocycles. The van der Waals surface area contributed by atoms with E-state index in [0.29, 0.717) is 18.2 Å². The Morgan fingerprint density at radius 2 is 2.06 bits per heavy atom. The third-order valence-electron chi connectivity index (χ3n) is 4.17. The van der Waals surface area contributed by atoms with Crippen molar-refractivity contribution in [1.82, 2.24) is 5.32 Å². The van der Waals surface area contributed by atoms with Crippen molar-refractivity contribution < 1.29 is 9.47 Å². The molecule has 1 saturated heterocycles. The van der Waals surface area contributed by atoms with Crippen LogP contribution in [0.2, 0.25) is 0 Å². The van der Waals surface area contributed by atoms with Crippen LogP contribution in [0.4, 0.5) is 0 Å². The summed E-state index contributed by atoms with van der Waals surface area (Å²) in [5, 5.41) is 3.63. The van der Waals surface area contributed by atoms with E-state index in [0.717, 1.165) is 26.2 Å². The smallest absolute Gasteiger partial charge is 0.0594 e.